The molecule has 122 valence electrons. The molecular weight excluding hydrogens is 320 g/mol. The molecule has 0 unspecified atom stereocenters. The normalized spacial score (nSPS) is 10.4. The van der Waals surface area contributed by atoms with Crippen molar-refractivity contribution in [2.45, 2.75) is 6.92 Å². The van der Waals surface area contributed by atoms with Crippen molar-refractivity contribution >= 4 is 29.3 Å². The summed E-state index contributed by atoms with van der Waals surface area (Å²) >= 11 is 5.93. The Bertz CT molecular complexity index is 625. The van der Waals surface area contributed by atoms with Gasteiger partial charge in [0.2, 0.25) is 0 Å². The van der Waals surface area contributed by atoms with Crippen LogP contribution < -0.4 is 16.0 Å². The number of carbonyl (C=O) groups excluding carboxylic acids is 2. The molecule has 8 heteroatoms. The molecule has 1 aromatic carbocycles. The lowest BCUT2D eigenvalue weighted by molar-refractivity contribution is -0.112. The predicted molar refractivity (Wildman–Crippen MR) is 86.8 cm³/mol. The molecular formula is C15H17ClN4O3. The van der Waals surface area contributed by atoms with Crippen molar-refractivity contribution in [3.05, 3.63) is 41.1 Å². The van der Waals surface area contributed by atoms with E-state index in [1.165, 1.54) is 6.20 Å². The molecule has 0 heterocycles. The highest BCUT2D eigenvalue weighted by Crippen LogP contribution is 2.20. The summed E-state index contributed by atoms with van der Waals surface area (Å²) < 4.78 is 4.68. The molecule has 0 aliphatic carbocycles. The van der Waals surface area contributed by atoms with Gasteiger partial charge in [-0.25, -0.2) is 4.79 Å². The lowest BCUT2D eigenvalue weighted by atomic mass is 10.2. The Morgan fingerprint density at radius 3 is 2.74 bits per heavy atom. The molecule has 0 aliphatic heterocycles. The number of amides is 2. The largest absolute Gasteiger partial charge is 0.450 e. The number of hydrogen-bond acceptors (Lipinski definition) is 5. The molecule has 7 nitrogen and oxygen atoms in total. The van der Waals surface area contributed by atoms with Gasteiger partial charge in [-0.15, -0.1) is 0 Å². The highest BCUT2D eigenvalue weighted by Gasteiger charge is 2.10. The Hall–Kier alpha value is -2.72. The number of rotatable bonds is 7. The van der Waals surface area contributed by atoms with Crippen molar-refractivity contribution in [3.63, 3.8) is 0 Å². The lowest BCUT2D eigenvalue weighted by Crippen LogP contribution is -2.31. The van der Waals surface area contributed by atoms with Crippen LogP contribution in [-0.4, -0.2) is 31.7 Å². The monoisotopic (exact) mass is 336 g/mol. The zero-order chi connectivity index (χ0) is 17.1. The van der Waals surface area contributed by atoms with Crippen molar-refractivity contribution in [1.29, 1.82) is 5.26 Å². The van der Waals surface area contributed by atoms with E-state index in [-0.39, 0.29) is 5.57 Å². The predicted octanol–water partition coefficient (Wildman–Crippen LogP) is 2.02. The number of carbonyl (C=O) groups is 2. The average molecular weight is 337 g/mol. The second-order valence-corrected chi connectivity index (χ2v) is 4.61. The van der Waals surface area contributed by atoms with Gasteiger partial charge in [-0.3, -0.25) is 4.79 Å². The smallest absolute Gasteiger partial charge is 0.407 e. The fourth-order valence-electron chi connectivity index (χ4n) is 1.49. The van der Waals surface area contributed by atoms with E-state index in [1.54, 1.807) is 37.3 Å². The van der Waals surface area contributed by atoms with Crippen molar-refractivity contribution in [2.24, 2.45) is 0 Å². The highest BCUT2D eigenvalue weighted by molar-refractivity contribution is 6.33. The van der Waals surface area contributed by atoms with Crippen LogP contribution in [-0.2, 0) is 9.53 Å². The Morgan fingerprint density at radius 2 is 2.09 bits per heavy atom. The molecule has 0 spiro atoms. The second kappa shape index (κ2) is 10.1. The minimum absolute atomic E-state index is 0.110. The number of para-hydroxylation sites is 1. The van der Waals surface area contributed by atoms with Gasteiger partial charge in [0.1, 0.15) is 11.6 Å². The Morgan fingerprint density at radius 1 is 1.35 bits per heavy atom. The molecule has 0 bridgehead atoms. The maximum absolute atomic E-state index is 12.0. The first kappa shape index (κ1) is 18.3. The van der Waals surface area contributed by atoms with E-state index < -0.39 is 12.0 Å². The van der Waals surface area contributed by atoms with Gasteiger partial charge in [0.05, 0.1) is 17.3 Å². The maximum Gasteiger partial charge on any atom is 0.407 e. The quantitative estimate of drug-likeness (QED) is 0.401. The number of benzene rings is 1. The van der Waals surface area contributed by atoms with Crippen molar-refractivity contribution < 1.29 is 14.3 Å². The van der Waals surface area contributed by atoms with E-state index in [9.17, 15) is 9.59 Å². The number of halogens is 1. The number of nitrogens with one attached hydrogen (secondary N) is 3. The summed E-state index contributed by atoms with van der Waals surface area (Å²) in [5, 5.41) is 17.2. The van der Waals surface area contributed by atoms with Gasteiger partial charge >= 0.3 is 6.09 Å². The SMILES string of the molecule is CCOC(=O)NCCN/C=C(/C#N)C(=O)Nc1ccccc1Cl. The molecule has 1 aromatic rings. The first-order valence-electron chi connectivity index (χ1n) is 6.88. The van der Waals surface area contributed by atoms with Crippen LogP contribution in [0.2, 0.25) is 5.02 Å². The molecule has 0 aliphatic rings. The van der Waals surface area contributed by atoms with Crippen LogP contribution in [0.1, 0.15) is 6.92 Å². The third-order valence-corrected chi connectivity index (χ3v) is 2.88. The van der Waals surface area contributed by atoms with E-state index in [4.69, 9.17) is 16.9 Å². The lowest BCUT2D eigenvalue weighted by Gasteiger charge is -2.07. The molecule has 23 heavy (non-hydrogen) atoms. The summed E-state index contributed by atoms with van der Waals surface area (Å²) in [5.41, 5.74) is 0.311. The molecule has 0 fully saturated rings. The van der Waals surface area contributed by atoms with E-state index in [1.807, 2.05) is 0 Å². The molecule has 0 atom stereocenters. The fourth-order valence-corrected chi connectivity index (χ4v) is 1.68. The summed E-state index contributed by atoms with van der Waals surface area (Å²) in [6.07, 6.45) is 0.759. The van der Waals surface area contributed by atoms with Crippen LogP contribution in [0.15, 0.2) is 36.0 Å². The third kappa shape index (κ3) is 6.72. The van der Waals surface area contributed by atoms with Crippen LogP contribution in [0.3, 0.4) is 0 Å². The number of anilines is 1. The fraction of sp³-hybridized carbons (Fsp3) is 0.267. The standard InChI is InChI=1S/C15H17ClN4O3/c1-2-23-15(22)19-8-7-18-10-11(9-17)14(21)20-13-6-4-3-5-12(13)16/h3-6,10,18H,2,7-8H2,1H3,(H,19,22)(H,20,21)/b11-10-. The number of nitriles is 1. The van der Waals surface area contributed by atoms with E-state index in [0.717, 1.165) is 0 Å². The van der Waals surface area contributed by atoms with Crippen molar-refractivity contribution in [1.82, 2.24) is 10.6 Å². The highest BCUT2D eigenvalue weighted by atomic mass is 35.5. The van der Waals surface area contributed by atoms with Gasteiger partial charge in [0.25, 0.3) is 5.91 Å². The topological polar surface area (TPSA) is 103 Å². The summed E-state index contributed by atoms with van der Waals surface area (Å²) in [7, 11) is 0. The molecule has 3 N–H and O–H groups in total. The van der Waals surface area contributed by atoms with E-state index in [0.29, 0.717) is 30.4 Å². The molecule has 0 saturated heterocycles. The Balaban J connectivity index is 2.46. The minimum Gasteiger partial charge on any atom is -0.450 e. The Kier molecular flexibility index (Phi) is 8.03. The van der Waals surface area contributed by atoms with Crippen molar-refractivity contribution in [2.75, 3.05) is 25.0 Å². The summed E-state index contributed by atoms with van der Waals surface area (Å²) in [5.74, 6) is -0.577. The average Bonchev–Trinajstić information content (AvgIpc) is 2.53. The van der Waals surface area contributed by atoms with Gasteiger partial charge in [0.15, 0.2) is 0 Å². The second-order valence-electron chi connectivity index (χ2n) is 4.21. The number of ether oxygens (including phenoxy) is 1. The van der Waals surface area contributed by atoms with Crippen LogP contribution in [0, 0.1) is 11.3 Å². The molecule has 1 rings (SSSR count). The molecule has 0 radical (unpaired) electrons. The molecule has 2 amide bonds. The molecule has 0 aromatic heterocycles. The van der Waals surface area contributed by atoms with Crippen LogP contribution >= 0.6 is 11.6 Å². The van der Waals surface area contributed by atoms with Gasteiger partial charge in [-0.2, -0.15) is 5.26 Å². The zero-order valence-electron chi connectivity index (χ0n) is 12.6. The van der Waals surface area contributed by atoms with E-state index >= 15 is 0 Å². The number of hydrogen-bond donors (Lipinski definition) is 3. The van der Waals surface area contributed by atoms with E-state index in [2.05, 4.69) is 20.7 Å². The zero-order valence-corrected chi connectivity index (χ0v) is 13.3. The molecule has 0 saturated carbocycles. The number of alkyl carbamates (subject to hydrolysis) is 1. The van der Waals surface area contributed by atoms with Crippen LogP contribution in [0.4, 0.5) is 10.5 Å². The summed E-state index contributed by atoms with van der Waals surface area (Å²) in [6.45, 7) is 2.63. The first-order valence-corrected chi connectivity index (χ1v) is 7.26. The van der Waals surface area contributed by atoms with Gasteiger partial charge in [0, 0.05) is 19.3 Å². The van der Waals surface area contributed by atoms with Gasteiger partial charge in [-0.1, -0.05) is 23.7 Å². The Labute approximate surface area is 139 Å². The van der Waals surface area contributed by atoms with Crippen LogP contribution in [0.25, 0.3) is 0 Å². The summed E-state index contributed by atoms with van der Waals surface area (Å²) in [6, 6.07) is 8.51. The first-order chi connectivity index (χ1) is 11.1. The minimum atomic E-state index is -0.577. The van der Waals surface area contributed by atoms with Crippen LogP contribution in [0.5, 0.6) is 0 Å². The van der Waals surface area contributed by atoms with Crippen molar-refractivity contribution in [3.8, 4) is 6.07 Å². The third-order valence-electron chi connectivity index (χ3n) is 2.55. The van der Waals surface area contributed by atoms with Gasteiger partial charge < -0.3 is 20.7 Å². The maximum atomic E-state index is 12.0. The number of nitrogens with zero attached hydrogens (tertiary/aromatic N) is 1. The summed E-state index contributed by atoms with van der Waals surface area (Å²) in [4.78, 5) is 23.0. The van der Waals surface area contributed by atoms with Gasteiger partial charge in [-0.05, 0) is 19.1 Å².